The smallest absolute Gasteiger partial charge is 0.264 e. The number of nitrogens with zero attached hydrogens (tertiary/aromatic N) is 2. The predicted octanol–water partition coefficient (Wildman–Crippen LogP) is 4.22. The van der Waals surface area contributed by atoms with Crippen molar-refractivity contribution in [3.63, 3.8) is 0 Å². The maximum Gasteiger partial charge on any atom is 0.264 e. The molecule has 0 aliphatic carbocycles. The summed E-state index contributed by atoms with van der Waals surface area (Å²) in [5.41, 5.74) is 0.955. The van der Waals surface area contributed by atoms with Crippen LogP contribution in [0.2, 0.25) is 5.02 Å². The quantitative estimate of drug-likeness (QED) is 0.488. The van der Waals surface area contributed by atoms with Gasteiger partial charge in [-0.15, -0.1) is 0 Å². The Kier molecular flexibility index (Phi) is 7.27. The van der Waals surface area contributed by atoms with E-state index in [-0.39, 0.29) is 10.6 Å². The number of anilines is 2. The molecular weight excluding hydrogens is 452 g/mol. The molecule has 7 nitrogen and oxygen atoms in total. The number of carbonyl (C=O) groups is 1. The molecule has 168 valence electrons. The first-order chi connectivity index (χ1) is 15.3. The van der Waals surface area contributed by atoms with Crippen molar-refractivity contribution in [2.45, 2.75) is 4.90 Å². The Morgan fingerprint density at radius 2 is 1.50 bits per heavy atom. The van der Waals surface area contributed by atoms with E-state index in [1.807, 2.05) is 6.07 Å². The number of para-hydroxylation sites is 1. The predicted molar refractivity (Wildman–Crippen MR) is 125 cm³/mol. The molecule has 3 aromatic rings. The largest absolute Gasteiger partial charge is 0.493 e. The zero-order valence-electron chi connectivity index (χ0n) is 17.9. The van der Waals surface area contributed by atoms with E-state index in [0.29, 0.717) is 22.1 Å². The number of hydrogen-bond acceptors (Lipinski definition) is 5. The van der Waals surface area contributed by atoms with E-state index >= 15 is 0 Å². The number of likely N-dealkylation sites (N-methyl/N-ethyl adjacent to an activating group) is 1. The lowest BCUT2D eigenvalue weighted by atomic mass is 10.3. The number of methoxy groups -OCH3 is 2. The molecular formula is C23H23ClN2O5S. The van der Waals surface area contributed by atoms with E-state index in [1.54, 1.807) is 55.6 Å². The van der Waals surface area contributed by atoms with Gasteiger partial charge in [0.25, 0.3) is 10.0 Å². The second-order valence-electron chi connectivity index (χ2n) is 6.79. The van der Waals surface area contributed by atoms with Crippen LogP contribution in [0.5, 0.6) is 11.5 Å². The van der Waals surface area contributed by atoms with Gasteiger partial charge in [-0.2, -0.15) is 0 Å². The molecule has 0 atom stereocenters. The lowest BCUT2D eigenvalue weighted by Crippen LogP contribution is -2.41. The molecule has 3 rings (SSSR count). The highest BCUT2D eigenvalue weighted by Crippen LogP contribution is 2.32. The highest BCUT2D eigenvalue weighted by molar-refractivity contribution is 7.92. The van der Waals surface area contributed by atoms with Crippen LogP contribution in [0.3, 0.4) is 0 Å². The summed E-state index contributed by atoms with van der Waals surface area (Å²) in [6.45, 7) is -0.413. The molecule has 0 aliphatic heterocycles. The minimum atomic E-state index is -4.13. The second kappa shape index (κ2) is 9.93. The molecule has 0 saturated heterocycles. The van der Waals surface area contributed by atoms with Crippen LogP contribution < -0.4 is 18.7 Å². The Bertz CT molecular complexity index is 1180. The van der Waals surface area contributed by atoms with Crippen LogP contribution in [0.1, 0.15) is 0 Å². The first-order valence-corrected chi connectivity index (χ1v) is 11.4. The highest BCUT2D eigenvalue weighted by atomic mass is 35.5. The maximum absolute atomic E-state index is 13.6. The molecule has 32 heavy (non-hydrogen) atoms. The summed E-state index contributed by atoms with van der Waals surface area (Å²) in [6, 6.07) is 19.5. The molecule has 1 amide bonds. The number of halogens is 1. The van der Waals surface area contributed by atoms with Crippen LogP contribution in [-0.4, -0.2) is 42.1 Å². The number of ether oxygens (including phenoxy) is 2. The molecule has 0 aliphatic rings. The van der Waals surface area contributed by atoms with E-state index < -0.39 is 22.5 Å². The molecule has 0 saturated carbocycles. The Balaban J connectivity index is 2.03. The van der Waals surface area contributed by atoms with E-state index in [1.165, 1.54) is 37.3 Å². The molecule has 0 unspecified atom stereocenters. The van der Waals surface area contributed by atoms with Crippen molar-refractivity contribution in [2.24, 2.45) is 0 Å². The third-order valence-corrected chi connectivity index (χ3v) is 6.88. The maximum atomic E-state index is 13.6. The summed E-state index contributed by atoms with van der Waals surface area (Å²) in [5, 5.41) is 0.449. The third kappa shape index (κ3) is 4.98. The Hall–Kier alpha value is -3.23. The van der Waals surface area contributed by atoms with Crippen molar-refractivity contribution in [3.8, 4) is 11.5 Å². The van der Waals surface area contributed by atoms with Crippen molar-refractivity contribution >= 4 is 38.9 Å². The van der Waals surface area contributed by atoms with Gasteiger partial charge in [-0.1, -0.05) is 29.8 Å². The fraction of sp³-hybridized carbons (Fsp3) is 0.174. The van der Waals surface area contributed by atoms with Crippen molar-refractivity contribution in [3.05, 3.63) is 77.8 Å². The molecule has 0 N–H and O–H groups in total. The van der Waals surface area contributed by atoms with Gasteiger partial charge in [0, 0.05) is 23.8 Å². The molecule has 0 radical (unpaired) electrons. The van der Waals surface area contributed by atoms with Crippen LogP contribution in [-0.2, 0) is 14.8 Å². The fourth-order valence-electron chi connectivity index (χ4n) is 3.05. The van der Waals surface area contributed by atoms with Gasteiger partial charge in [-0.05, 0) is 48.5 Å². The number of carbonyl (C=O) groups excluding carboxylic acids is 1. The topological polar surface area (TPSA) is 76.2 Å². The summed E-state index contributed by atoms with van der Waals surface area (Å²) >= 11 is 5.98. The Morgan fingerprint density at radius 3 is 2.09 bits per heavy atom. The summed E-state index contributed by atoms with van der Waals surface area (Å²) < 4.78 is 38.7. The Morgan fingerprint density at radius 1 is 0.875 bits per heavy atom. The van der Waals surface area contributed by atoms with Gasteiger partial charge >= 0.3 is 0 Å². The van der Waals surface area contributed by atoms with Gasteiger partial charge < -0.3 is 14.4 Å². The van der Waals surface area contributed by atoms with Crippen molar-refractivity contribution in [2.75, 3.05) is 37.0 Å². The minimum absolute atomic E-state index is 0.0414. The van der Waals surface area contributed by atoms with Gasteiger partial charge in [0.05, 0.1) is 24.8 Å². The molecule has 0 bridgehead atoms. The lowest BCUT2D eigenvalue weighted by Gasteiger charge is -2.27. The molecule has 0 heterocycles. The first-order valence-electron chi connectivity index (χ1n) is 9.60. The lowest BCUT2D eigenvalue weighted by molar-refractivity contribution is -0.116. The van der Waals surface area contributed by atoms with Crippen LogP contribution >= 0.6 is 11.6 Å². The first kappa shape index (κ1) is 23.4. The second-order valence-corrected chi connectivity index (χ2v) is 9.09. The van der Waals surface area contributed by atoms with Crippen LogP contribution in [0.25, 0.3) is 0 Å². The SMILES string of the molecule is COc1ccc(S(=O)(=O)N(CC(=O)N(C)c2ccccc2)c2ccc(Cl)cc2)cc1OC. The summed E-state index contributed by atoms with van der Waals surface area (Å²) in [4.78, 5) is 14.4. The van der Waals surface area contributed by atoms with Crippen molar-refractivity contribution in [1.29, 1.82) is 0 Å². The fourth-order valence-corrected chi connectivity index (χ4v) is 4.61. The number of amides is 1. The van der Waals surface area contributed by atoms with E-state index in [2.05, 4.69) is 0 Å². The highest BCUT2D eigenvalue weighted by Gasteiger charge is 2.29. The van der Waals surface area contributed by atoms with Crippen LogP contribution in [0, 0.1) is 0 Å². The van der Waals surface area contributed by atoms with Gasteiger partial charge in [0.2, 0.25) is 5.91 Å². The molecule has 3 aromatic carbocycles. The van der Waals surface area contributed by atoms with Gasteiger partial charge in [-0.25, -0.2) is 8.42 Å². The molecule has 0 spiro atoms. The van der Waals surface area contributed by atoms with Gasteiger partial charge in [0.1, 0.15) is 6.54 Å². The molecule has 0 fully saturated rings. The Labute approximate surface area is 192 Å². The summed E-state index contributed by atoms with van der Waals surface area (Å²) in [7, 11) is 0.352. The average Bonchev–Trinajstić information content (AvgIpc) is 2.82. The summed E-state index contributed by atoms with van der Waals surface area (Å²) in [6.07, 6.45) is 0. The number of benzene rings is 3. The van der Waals surface area contributed by atoms with Crippen LogP contribution in [0.4, 0.5) is 11.4 Å². The van der Waals surface area contributed by atoms with E-state index in [4.69, 9.17) is 21.1 Å². The summed E-state index contributed by atoms with van der Waals surface area (Å²) in [5.74, 6) is 0.247. The number of rotatable bonds is 8. The van der Waals surface area contributed by atoms with Gasteiger partial charge in [-0.3, -0.25) is 9.10 Å². The van der Waals surface area contributed by atoms with E-state index in [0.717, 1.165) is 4.31 Å². The monoisotopic (exact) mass is 474 g/mol. The van der Waals surface area contributed by atoms with Gasteiger partial charge in [0.15, 0.2) is 11.5 Å². The van der Waals surface area contributed by atoms with Crippen molar-refractivity contribution < 1.29 is 22.7 Å². The standard InChI is InChI=1S/C23H23ClN2O5S/c1-25(18-7-5-4-6-8-18)23(27)16-26(19-11-9-17(24)10-12-19)32(28,29)20-13-14-21(30-2)22(15-20)31-3/h4-15H,16H2,1-3H3. The average molecular weight is 475 g/mol. The van der Waals surface area contributed by atoms with Crippen molar-refractivity contribution in [1.82, 2.24) is 0 Å². The minimum Gasteiger partial charge on any atom is -0.493 e. The van der Waals surface area contributed by atoms with E-state index in [9.17, 15) is 13.2 Å². The molecule has 0 aromatic heterocycles. The van der Waals surface area contributed by atoms with Crippen LogP contribution in [0.15, 0.2) is 77.7 Å². The number of sulfonamides is 1. The zero-order chi connectivity index (χ0) is 23.3. The third-order valence-electron chi connectivity index (χ3n) is 4.85. The molecule has 9 heteroatoms. The zero-order valence-corrected chi connectivity index (χ0v) is 19.4. The number of hydrogen-bond donors (Lipinski definition) is 0. The normalized spacial score (nSPS) is 11.0.